The highest BCUT2D eigenvalue weighted by molar-refractivity contribution is 7.87. The zero-order valence-electron chi connectivity index (χ0n) is 25.2. The maximum absolute atomic E-state index is 12.3. The van der Waals surface area contributed by atoms with Crippen LogP contribution in [0.15, 0.2) is 79.1 Å². The van der Waals surface area contributed by atoms with Crippen LogP contribution in [0.4, 0.5) is 0 Å². The number of nitrogens with zero attached hydrogens (tertiary/aromatic N) is 4. The second kappa shape index (κ2) is 14.7. The largest absolute Gasteiger partial charge is 0.379 e. The molecule has 1 saturated heterocycles. The predicted molar refractivity (Wildman–Crippen MR) is 170 cm³/mol. The number of carbonyl (C=O) groups excluding carboxylic acids is 1. The minimum atomic E-state index is -3.87. The van der Waals surface area contributed by atoms with Gasteiger partial charge in [-0.2, -0.15) is 12.7 Å². The van der Waals surface area contributed by atoms with Crippen molar-refractivity contribution < 1.29 is 22.7 Å². The van der Waals surface area contributed by atoms with Crippen LogP contribution in [0.2, 0.25) is 0 Å². The lowest BCUT2D eigenvalue weighted by Crippen LogP contribution is -2.49. The summed E-state index contributed by atoms with van der Waals surface area (Å²) in [5.41, 5.74) is 6.71. The Bertz CT molecular complexity index is 1640. The summed E-state index contributed by atoms with van der Waals surface area (Å²) in [4.78, 5) is 22.1. The molecule has 2 aromatic heterocycles. The molecule has 2 aromatic carbocycles. The van der Waals surface area contributed by atoms with Crippen LogP contribution in [0.1, 0.15) is 38.4 Å². The van der Waals surface area contributed by atoms with Gasteiger partial charge in [-0.15, -0.1) is 0 Å². The van der Waals surface area contributed by atoms with Crippen LogP contribution in [-0.2, 0) is 30.9 Å². The van der Waals surface area contributed by atoms with E-state index < -0.39 is 16.1 Å². The highest BCUT2D eigenvalue weighted by atomic mass is 32.2. The highest BCUT2D eigenvalue weighted by Crippen LogP contribution is 2.32. The Labute approximate surface area is 259 Å². The van der Waals surface area contributed by atoms with E-state index >= 15 is 0 Å². The normalized spacial score (nSPS) is 14.2. The summed E-state index contributed by atoms with van der Waals surface area (Å²) in [7, 11) is -3.87. The second-order valence-corrected chi connectivity index (χ2v) is 12.6. The summed E-state index contributed by atoms with van der Waals surface area (Å²) in [6.07, 6.45) is 6.37. The fourth-order valence-corrected chi connectivity index (χ4v) is 6.28. The average molecular weight is 618 g/mol. The van der Waals surface area contributed by atoms with Gasteiger partial charge < -0.3 is 14.0 Å². The molecule has 1 amide bonds. The third-order valence-electron chi connectivity index (χ3n) is 7.41. The maximum atomic E-state index is 12.3. The molecule has 0 unspecified atom stereocenters. The lowest BCUT2D eigenvalue weighted by Gasteiger charge is -2.25. The van der Waals surface area contributed by atoms with Crippen LogP contribution < -0.4 is 4.72 Å². The van der Waals surface area contributed by atoms with Crippen LogP contribution in [0.5, 0.6) is 0 Å². The van der Waals surface area contributed by atoms with Gasteiger partial charge in [-0.1, -0.05) is 60.7 Å². The quantitative estimate of drug-likeness (QED) is 0.212. The molecule has 0 bridgehead atoms. The van der Waals surface area contributed by atoms with Gasteiger partial charge in [0, 0.05) is 54.3 Å². The first-order chi connectivity index (χ1) is 21.3. The number of ether oxygens (including phenoxy) is 2. The van der Waals surface area contributed by atoms with Crippen LogP contribution in [0.25, 0.3) is 33.8 Å². The lowest BCUT2D eigenvalue weighted by molar-refractivity contribution is -0.124. The number of nitrogens with one attached hydrogen (secondary N) is 1. The Hall–Kier alpha value is -3.90. The van der Waals surface area contributed by atoms with Gasteiger partial charge in [0.1, 0.15) is 6.61 Å². The van der Waals surface area contributed by atoms with Gasteiger partial charge in [0.2, 0.25) is 0 Å². The van der Waals surface area contributed by atoms with Crippen molar-refractivity contribution in [1.29, 1.82) is 0 Å². The van der Waals surface area contributed by atoms with E-state index in [0.717, 1.165) is 53.0 Å². The first-order valence-electron chi connectivity index (χ1n) is 15.0. The third kappa shape index (κ3) is 7.97. The van der Waals surface area contributed by atoms with Crippen LogP contribution in [-0.4, -0.2) is 72.7 Å². The van der Waals surface area contributed by atoms with Crippen molar-refractivity contribution in [2.75, 3.05) is 39.5 Å². The number of hydrogen-bond acceptors (Lipinski definition) is 7. The first kappa shape index (κ1) is 31.5. The number of carbonyl (C=O) groups is 1. The van der Waals surface area contributed by atoms with Gasteiger partial charge in [-0.05, 0) is 39.2 Å². The van der Waals surface area contributed by atoms with Gasteiger partial charge in [0.05, 0.1) is 36.5 Å². The summed E-state index contributed by atoms with van der Waals surface area (Å²) in [5.74, 6) is -0.677. The molecule has 11 heteroatoms. The average Bonchev–Trinajstić information content (AvgIpc) is 3.48. The molecule has 44 heavy (non-hydrogen) atoms. The molecule has 232 valence electrons. The molecule has 10 nitrogen and oxygen atoms in total. The molecule has 0 aliphatic carbocycles. The molecule has 1 aliphatic rings. The van der Waals surface area contributed by atoms with Gasteiger partial charge in [-0.3, -0.25) is 9.78 Å². The smallest absolute Gasteiger partial charge is 0.304 e. The summed E-state index contributed by atoms with van der Waals surface area (Å²) in [6, 6.07) is 22.7. The molecule has 0 saturated carbocycles. The van der Waals surface area contributed by atoms with Gasteiger partial charge in [0.15, 0.2) is 0 Å². The van der Waals surface area contributed by atoms with Gasteiger partial charge in [0.25, 0.3) is 5.91 Å². The number of morpholine rings is 1. The van der Waals surface area contributed by atoms with Crippen molar-refractivity contribution in [2.45, 2.75) is 39.2 Å². The zero-order chi connectivity index (χ0) is 30.9. The summed E-state index contributed by atoms with van der Waals surface area (Å²) in [5, 5.41) is 0. The SMILES string of the molecule is CC(C)n1cc(-c2cnc(-c3ccccc3)c(-c3ccccc3)n2)cc1CCCCOCC(=O)NS(=O)(=O)N1CCOCC1. The van der Waals surface area contributed by atoms with Crippen molar-refractivity contribution >= 4 is 16.1 Å². The molecule has 1 fully saturated rings. The molecule has 0 atom stereocenters. The van der Waals surface area contributed by atoms with E-state index in [-0.39, 0.29) is 25.7 Å². The molecule has 5 rings (SSSR count). The van der Waals surface area contributed by atoms with E-state index in [1.54, 1.807) is 0 Å². The first-order valence-corrected chi connectivity index (χ1v) is 16.4. The molecule has 1 N–H and O–H groups in total. The molecule has 3 heterocycles. The number of benzene rings is 2. The number of aryl methyl sites for hydroxylation is 1. The van der Waals surface area contributed by atoms with Crippen LogP contribution >= 0.6 is 0 Å². The number of unbranched alkanes of at least 4 members (excludes halogenated alkanes) is 1. The van der Waals surface area contributed by atoms with E-state index in [1.165, 1.54) is 10.00 Å². The van der Waals surface area contributed by atoms with Crippen molar-refractivity contribution in [3.05, 3.63) is 84.8 Å². The predicted octanol–water partition coefficient (Wildman–Crippen LogP) is 4.89. The van der Waals surface area contributed by atoms with Crippen LogP contribution in [0.3, 0.4) is 0 Å². The Morgan fingerprint density at radius 2 is 1.61 bits per heavy atom. The molecule has 0 radical (unpaired) electrons. The Kier molecular flexibility index (Phi) is 10.5. The lowest BCUT2D eigenvalue weighted by atomic mass is 10.0. The van der Waals surface area contributed by atoms with E-state index in [9.17, 15) is 13.2 Å². The molecule has 4 aromatic rings. The van der Waals surface area contributed by atoms with E-state index in [2.05, 4.69) is 47.5 Å². The number of aromatic nitrogens is 3. The highest BCUT2D eigenvalue weighted by Gasteiger charge is 2.26. The number of amides is 1. The third-order valence-corrected chi connectivity index (χ3v) is 8.94. The molecule has 0 spiro atoms. The van der Waals surface area contributed by atoms with Crippen molar-refractivity contribution in [1.82, 2.24) is 23.6 Å². The summed E-state index contributed by atoms with van der Waals surface area (Å²) >= 11 is 0. The fraction of sp³-hybridized carbons (Fsp3) is 0.364. The van der Waals surface area contributed by atoms with E-state index in [4.69, 9.17) is 19.4 Å². The van der Waals surface area contributed by atoms with Crippen LogP contribution in [0, 0.1) is 0 Å². The number of hydrogen-bond donors (Lipinski definition) is 1. The fourth-order valence-electron chi connectivity index (χ4n) is 5.18. The maximum Gasteiger partial charge on any atom is 0.304 e. The van der Waals surface area contributed by atoms with E-state index in [1.807, 2.05) is 54.7 Å². The van der Waals surface area contributed by atoms with Crippen molar-refractivity contribution in [3.8, 4) is 33.8 Å². The standard InChI is InChI=1S/C33H39N5O5S/c1-25(2)38-23-28(30-22-34-32(26-11-5-3-6-12-26)33(35-30)27-13-7-4-8-14-27)21-29(38)15-9-10-18-43-24-31(39)36-44(40,41)37-16-19-42-20-17-37/h3-8,11-14,21-23,25H,9-10,15-20,24H2,1-2H3,(H,36,39). The van der Waals surface area contributed by atoms with Crippen molar-refractivity contribution in [2.24, 2.45) is 0 Å². The van der Waals surface area contributed by atoms with E-state index in [0.29, 0.717) is 19.8 Å². The Balaban J connectivity index is 1.20. The topological polar surface area (TPSA) is 116 Å². The monoisotopic (exact) mass is 617 g/mol. The molecular formula is C33H39N5O5S. The van der Waals surface area contributed by atoms with Gasteiger partial charge in [-0.25, -0.2) is 9.71 Å². The molecular weight excluding hydrogens is 578 g/mol. The Morgan fingerprint density at radius 1 is 0.955 bits per heavy atom. The van der Waals surface area contributed by atoms with Gasteiger partial charge >= 0.3 is 10.2 Å². The number of rotatable bonds is 13. The summed E-state index contributed by atoms with van der Waals surface area (Å²) in [6.45, 7) is 5.43. The minimum Gasteiger partial charge on any atom is -0.379 e. The zero-order valence-corrected chi connectivity index (χ0v) is 26.0. The van der Waals surface area contributed by atoms with Crippen molar-refractivity contribution in [3.63, 3.8) is 0 Å². The second-order valence-electron chi connectivity index (χ2n) is 11.0. The Morgan fingerprint density at radius 3 is 2.27 bits per heavy atom. The summed E-state index contributed by atoms with van der Waals surface area (Å²) < 4.78 is 40.8. The molecule has 1 aliphatic heterocycles. The minimum absolute atomic E-state index is 0.225.